The van der Waals surface area contributed by atoms with Gasteiger partial charge in [-0.15, -0.1) is 0 Å². The molecule has 100 valence electrons. The standard InChI is InChI=1S/C13H17BrO4/c1-8(4-7-11(15)16)9-5-6-10(17-2)12(14)13(9)18-3/h5-6,8H,4,7H2,1-3H3,(H,15,16). The maximum absolute atomic E-state index is 10.6. The number of methoxy groups -OCH3 is 2. The largest absolute Gasteiger partial charge is 0.495 e. The number of benzene rings is 1. The number of carbonyl (C=O) groups is 1. The Hall–Kier alpha value is -1.23. The Bertz CT molecular complexity index is 431. The fourth-order valence-corrected chi connectivity index (χ4v) is 2.49. The number of aliphatic carboxylic acids is 1. The number of halogens is 1. The fourth-order valence-electron chi connectivity index (χ4n) is 1.80. The molecule has 0 radical (unpaired) electrons. The van der Waals surface area contributed by atoms with Crippen molar-refractivity contribution in [2.24, 2.45) is 0 Å². The van der Waals surface area contributed by atoms with Crippen molar-refractivity contribution < 1.29 is 19.4 Å². The van der Waals surface area contributed by atoms with Gasteiger partial charge in [0, 0.05) is 6.42 Å². The summed E-state index contributed by atoms with van der Waals surface area (Å²) in [6, 6.07) is 3.76. The van der Waals surface area contributed by atoms with E-state index in [-0.39, 0.29) is 12.3 Å². The second-order valence-electron chi connectivity index (χ2n) is 4.04. The van der Waals surface area contributed by atoms with Gasteiger partial charge < -0.3 is 14.6 Å². The Labute approximate surface area is 115 Å². The third-order valence-electron chi connectivity index (χ3n) is 2.84. The maximum atomic E-state index is 10.6. The predicted molar refractivity (Wildman–Crippen MR) is 72.5 cm³/mol. The molecule has 0 spiro atoms. The molecule has 1 N–H and O–H groups in total. The van der Waals surface area contributed by atoms with E-state index in [0.717, 1.165) is 10.0 Å². The molecule has 1 aromatic carbocycles. The van der Waals surface area contributed by atoms with Crippen LogP contribution in [-0.4, -0.2) is 25.3 Å². The first kappa shape index (κ1) is 14.8. The van der Waals surface area contributed by atoms with Gasteiger partial charge in [0.05, 0.1) is 14.2 Å². The molecule has 1 rings (SSSR count). The lowest BCUT2D eigenvalue weighted by Gasteiger charge is -2.17. The molecule has 0 bridgehead atoms. The van der Waals surface area contributed by atoms with Crippen LogP contribution in [0.2, 0.25) is 0 Å². The van der Waals surface area contributed by atoms with E-state index in [4.69, 9.17) is 14.6 Å². The van der Waals surface area contributed by atoms with Crippen LogP contribution in [-0.2, 0) is 4.79 Å². The first-order valence-electron chi connectivity index (χ1n) is 5.63. The summed E-state index contributed by atoms with van der Waals surface area (Å²) in [6.45, 7) is 1.99. The number of carboxylic acid groups (broad SMARTS) is 1. The van der Waals surface area contributed by atoms with Crippen LogP contribution in [0.5, 0.6) is 11.5 Å². The molecular formula is C13H17BrO4. The number of hydrogen-bond acceptors (Lipinski definition) is 3. The number of carboxylic acids is 1. The van der Waals surface area contributed by atoms with Crippen LogP contribution >= 0.6 is 15.9 Å². The average molecular weight is 317 g/mol. The third-order valence-corrected chi connectivity index (χ3v) is 3.59. The van der Waals surface area contributed by atoms with Crippen molar-refractivity contribution >= 4 is 21.9 Å². The normalized spacial score (nSPS) is 12.0. The summed E-state index contributed by atoms with van der Waals surface area (Å²) >= 11 is 3.43. The quantitative estimate of drug-likeness (QED) is 0.873. The lowest BCUT2D eigenvalue weighted by molar-refractivity contribution is -0.137. The molecule has 18 heavy (non-hydrogen) atoms. The van der Waals surface area contributed by atoms with Gasteiger partial charge in [0.1, 0.15) is 16.0 Å². The van der Waals surface area contributed by atoms with Crippen molar-refractivity contribution in [3.05, 3.63) is 22.2 Å². The van der Waals surface area contributed by atoms with Crippen molar-refractivity contribution in [3.8, 4) is 11.5 Å². The van der Waals surface area contributed by atoms with Gasteiger partial charge in [0.25, 0.3) is 0 Å². The van der Waals surface area contributed by atoms with E-state index in [2.05, 4.69) is 15.9 Å². The highest BCUT2D eigenvalue weighted by Gasteiger charge is 2.17. The van der Waals surface area contributed by atoms with Gasteiger partial charge in [0.15, 0.2) is 0 Å². The zero-order valence-electron chi connectivity index (χ0n) is 10.7. The highest BCUT2D eigenvalue weighted by atomic mass is 79.9. The second-order valence-corrected chi connectivity index (χ2v) is 4.83. The summed E-state index contributed by atoms with van der Waals surface area (Å²) in [7, 11) is 3.18. The van der Waals surface area contributed by atoms with Crippen LogP contribution in [0.4, 0.5) is 0 Å². The third kappa shape index (κ3) is 3.38. The van der Waals surface area contributed by atoms with E-state index in [1.165, 1.54) is 0 Å². The summed E-state index contributed by atoms with van der Waals surface area (Å²) in [5.41, 5.74) is 0.978. The van der Waals surface area contributed by atoms with Gasteiger partial charge in [-0.3, -0.25) is 4.79 Å². The zero-order chi connectivity index (χ0) is 13.7. The summed E-state index contributed by atoms with van der Waals surface area (Å²) in [4.78, 5) is 10.6. The lowest BCUT2D eigenvalue weighted by Crippen LogP contribution is -2.03. The Morgan fingerprint density at radius 2 is 2.06 bits per heavy atom. The van der Waals surface area contributed by atoms with Gasteiger partial charge in [-0.05, 0) is 39.9 Å². The van der Waals surface area contributed by atoms with Crippen molar-refractivity contribution in [3.63, 3.8) is 0 Å². The van der Waals surface area contributed by atoms with Crippen LogP contribution in [0.3, 0.4) is 0 Å². The van der Waals surface area contributed by atoms with E-state index < -0.39 is 5.97 Å². The minimum atomic E-state index is -0.784. The molecule has 5 heteroatoms. The minimum absolute atomic E-state index is 0.109. The molecule has 0 saturated heterocycles. The molecule has 0 amide bonds. The molecule has 0 aliphatic rings. The molecule has 4 nitrogen and oxygen atoms in total. The highest BCUT2D eigenvalue weighted by molar-refractivity contribution is 9.10. The SMILES string of the molecule is COc1ccc(C(C)CCC(=O)O)c(OC)c1Br. The first-order chi connectivity index (χ1) is 8.51. The van der Waals surface area contributed by atoms with E-state index in [1.807, 2.05) is 19.1 Å². The number of ether oxygens (including phenoxy) is 2. The minimum Gasteiger partial charge on any atom is -0.495 e. The smallest absolute Gasteiger partial charge is 0.303 e. The first-order valence-corrected chi connectivity index (χ1v) is 6.42. The summed E-state index contributed by atoms with van der Waals surface area (Å²) < 4.78 is 11.3. The Morgan fingerprint density at radius 3 is 2.56 bits per heavy atom. The number of hydrogen-bond donors (Lipinski definition) is 1. The van der Waals surface area contributed by atoms with Crippen molar-refractivity contribution in [2.45, 2.75) is 25.7 Å². The van der Waals surface area contributed by atoms with Gasteiger partial charge in [-0.1, -0.05) is 13.0 Å². The Balaban J connectivity index is 3.01. The zero-order valence-corrected chi connectivity index (χ0v) is 12.3. The van der Waals surface area contributed by atoms with Crippen molar-refractivity contribution in [2.75, 3.05) is 14.2 Å². The molecule has 1 atom stereocenters. The van der Waals surface area contributed by atoms with Crippen LogP contribution in [0.1, 0.15) is 31.2 Å². The van der Waals surface area contributed by atoms with E-state index in [0.29, 0.717) is 17.9 Å². The topological polar surface area (TPSA) is 55.8 Å². The van der Waals surface area contributed by atoms with Crippen LogP contribution in [0, 0.1) is 0 Å². The fraction of sp³-hybridized carbons (Fsp3) is 0.462. The van der Waals surface area contributed by atoms with Crippen molar-refractivity contribution in [1.82, 2.24) is 0 Å². The molecule has 0 saturated carbocycles. The van der Waals surface area contributed by atoms with E-state index in [9.17, 15) is 4.79 Å². The van der Waals surface area contributed by atoms with E-state index >= 15 is 0 Å². The van der Waals surface area contributed by atoms with Crippen molar-refractivity contribution in [1.29, 1.82) is 0 Å². The Morgan fingerprint density at radius 1 is 1.39 bits per heavy atom. The van der Waals surface area contributed by atoms with Gasteiger partial charge in [-0.25, -0.2) is 0 Å². The van der Waals surface area contributed by atoms with Gasteiger partial charge >= 0.3 is 5.97 Å². The molecule has 1 unspecified atom stereocenters. The van der Waals surface area contributed by atoms with Crippen LogP contribution in [0.15, 0.2) is 16.6 Å². The molecule has 0 aromatic heterocycles. The maximum Gasteiger partial charge on any atom is 0.303 e. The average Bonchev–Trinajstić information content (AvgIpc) is 2.35. The summed E-state index contributed by atoms with van der Waals surface area (Å²) in [5, 5.41) is 8.71. The highest BCUT2D eigenvalue weighted by Crippen LogP contribution is 2.41. The molecule has 1 aromatic rings. The molecule has 0 aliphatic heterocycles. The second kappa shape index (κ2) is 6.64. The number of rotatable bonds is 6. The van der Waals surface area contributed by atoms with Gasteiger partial charge in [0.2, 0.25) is 0 Å². The van der Waals surface area contributed by atoms with Crippen LogP contribution in [0.25, 0.3) is 0 Å². The summed E-state index contributed by atoms with van der Waals surface area (Å²) in [5.74, 6) is 0.722. The summed E-state index contributed by atoms with van der Waals surface area (Å²) in [6.07, 6.45) is 0.721. The molecular weight excluding hydrogens is 300 g/mol. The monoisotopic (exact) mass is 316 g/mol. The lowest BCUT2D eigenvalue weighted by atomic mass is 9.95. The van der Waals surface area contributed by atoms with E-state index in [1.54, 1.807) is 14.2 Å². The van der Waals surface area contributed by atoms with Crippen LogP contribution < -0.4 is 9.47 Å². The Kier molecular flexibility index (Phi) is 5.47. The van der Waals surface area contributed by atoms with Gasteiger partial charge in [-0.2, -0.15) is 0 Å². The molecule has 0 fully saturated rings. The molecule has 0 aliphatic carbocycles. The molecule has 0 heterocycles. The predicted octanol–water partition coefficient (Wildman–Crippen LogP) is 3.43.